The second-order valence-corrected chi connectivity index (χ2v) is 8.25. The van der Waals surface area contributed by atoms with Crippen molar-refractivity contribution in [2.75, 3.05) is 26.7 Å². The molecule has 0 radical (unpaired) electrons. The Hall–Kier alpha value is -2.77. The number of halogens is 1. The highest BCUT2D eigenvalue weighted by Crippen LogP contribution is 2.32. The van der Waals surface area contributed by atoms with Crippen LogP contribution in [0, 0.1) is 5.82 Å². The van der Waals surface area contributed by atoms with Crippen LogP contribution in [-0.2, 0) is 0 Å². The number of carbonyl (C=O) groups excluding carboxylic acids is 1. The van der Waals surface area contributed by atoms with Crippen molar-refractivity contribution < 1.29 is 13.9 Å². The van der Waals surface area contributed by atoms with Crippen LogP contribution in [-0.4, -0.2) is 42.5 Å². The van der Waals surface area contributed by atoms with Gasteiger partial charge in [0.1, 0.15) is 21.5 Å². The molecule has 1 atom stereocenters. The molecule has 1 N–H and O–H groups in total. The van der Waals surface area contributed by atoms with Gasteiger partial charge in [-0.15, -0.1) is 11.3 Å². The van der Waals surface area contributed by atoms with E-state index in [1.54, 1.807) is 25.3 Å². The molecule has 3 aromatic rings. The van der Waals surface area contributed by atoms with E-state index in [2.05, 4.69) is 21.3 Å². The molecule has 1 aliphatic heterocycles. The molecule has 0 saturated carbocycles. The van der Waals surface area contributed by atoms with Crippen LogP contribution in [0.3, 0.4) is 0 Å². The molecule has 2 heterocycles. The summed E-state index contributed by atoms with van der Waals surface area (Å²) in [4.78, 5) is 19.9. The van der Waals surface area contributed by atoms with Crippen LogP contribution in [0.5, 0.6) is 5.75 Å². The summed E-state index contributed by atoms with van der Waals surface area (Å²) in [6, 6.07) is 14.4. The largest absolute Gasteiger partial charge is 0.496 e. The quantitative estimate of drug-likeness (QED) is 0.605. The first-order chi connectivity index (χ1) is 14.7. The van der Waals surface area contributed by atoms with Crippen LogP contribution >= 0.6 is 11.3 Å². The molecule has 0 bridgehead atoms. The highest BCUT2D eigenvalue weighted by molar-refractivity contribution is 7.16. The number of thiazole rings is 1. The normalized spacial score (nSPS) is 15.1. The number of hydrogen-bond acceptors (Lipinski definition) is 5. The number of nitrogens with one attached hydrogen (secondary N) is 1. The van der Waals surface area contributed by atoms with Gasteiger partial charge in [-0.1, -0.05) is 30.3 Å². The van der Waals surface area contributed by atoms with Crippen LogP contribution in [0.1, 0.15) is 34.1 Å². The Morgan fingerprint density at radius 3 is 2.70 bits per heavy atom. The molecule has 1 amide bonds. The Bertz CT molecular complexity index is 1020. The number of nitrogens with zero attached hydrogens (tertiary/aromatic N) is 2. The number of benzene rings is 2. The zero-order valence-electron chi connectivity index (χ0n) is 16.8. The van der Waals surface area contributed by atoms with E-state index in [9.17, 15) is 9.18 Å². The summed E-state index contributed by atoms with van der Waals surface area (Å²) >= 11 is 1.19. The Kier molecular flexibility index (Phi) is 6.40. The highest BCUT2D eigenvalue weighted by Gasteiger charge is 2.26. The van der Waals surface area contributed by atoms with E-state index in [1.165, 1.54) is 23.6 Å². The van der Waals surface area contributed by atoms with Gasteiger partial charge in [-0.05, 0) is 44.1 Å². The van der Waals surface area contributed by atoms with Crippen LogP contribution < -0.4 is 10.1 Å². The van der Waals surface area contributed by atoms with E-state index in [0.29, 0.717) is 22.0 Å². The maximum absolute atomic E-state index is 14.0. The van der Waals surface area contributed by atoms with Gasteiger partial charge in [0.2, 0.25) is 0 Å². The van der Waals surface area contributed by atoms with Crippen LogP contribution in [0.4, 0.5) is 4.39 Å². The minimum Gasteiger partial charge on any atom is -0.496 e. The molecule has 7 heteroatoms. The fraction of sp³-hybridized carbons (Fsp3) is 0.304. The molecule has 1 fully saturated rings. The standard InChI is InChI=1S/C23H24FN3O2S/c1-29-20-11-5-3-9-17(20)19(27-12-6-7-13-27)14-25-22(28)21-15-26-23(30-21)16-8-2-4-10-18(16)24/h2-5,8-11,15,19H,6-7,12-14H2,1H3,(H,25,28). The van der Waals surface area contributed by atoms with E-state index in [1.807, 2.05) is 18.2 Å². The lowest BCUT2D eigenvalue weighted by Gasteiger charge is -2.29. The van der Waals surface area contributed by atoms with Gasteiger partial charge in [-0.3, -0.25) is 9.69 Å². The first-order valence-corrected chi connectivity index (χ1v) is 10.8. The topological polar surface area (TPSA) is 54.5 Å². The van der Waals surface area contributed by atoms with Gasteiger partial charge in [-0.25, -0.2) is 9.37 Å². The molecule has 2 aromatic carbocycles. The summed E-state index contributed by atoms with van der Waals surface area (Å²) in [5, 5.41) is 3.54. The molecule has 1 saturated heterocycles. The fourth-order valence-corrected chi connectivity index (χ4v) is 4.70. The van der Waals surface area contributed by atoms with Crippen LogP contribution in [0.15, 0.2) is 54.7 Å². The smallest absolute Gasteiger partial charge is 0.263 e. The molecule has 156 valence electrons. The van der Waals surface area contributed by atoms with Crippen LogP contribution in [0.2, 0.25) is 0 Å². The lowest BCUT2D eigenvalue weighted by Crippen LogP contribution is -2.36. The third-order valence-electron chi connectivity index (χ3n) is 5.37. The molecule has 1 aliphatic rings. The Balaban J connectivity index is 1.50. The number of carbonyl (C=O) groups is 1. The molecule has 0 spiro atoms. The summed E-state index contributed by atoms with van der Waals surface area (Å²) in [6.45, 7) is 2.46. The number of amides is 1. The average Bonchev–Trinajstić information content (AvgIpc) is 3.47. The lowest BCUT2D eigenvalue weighted by atomic mass is 10.0. The number of hydrogen-bond donors (Lipinski definition) is 1. The van der Waals surface area contributed by atoms with Gasteiger partial charge in [0.25, 0.3) is 5.91 Å². The van der Waals surface area contributed by atoms with Crippen molar-refractivity contribution in [2.45, 2.75) is 18.9 Å². The third-order valence-corrected chi connectivity index (χ3v) is 6.40. The van der Waals surface area contributed by atoms with E-state index in [-0.39, 0.29) is 17.8 Å². The predicted octanol–water partition coefficient (Wildman–Crippen LogP) is 4.52. The summed E-state index contributed by atoms with van der Waals surface area (Å²) in [5.74, 6) is 0.279. The van der Waals surface area contributed by atoms with E-state index >= 15 is 0 Å². The Morgan fingerprint density at radius 1 is 1.20 bits per heavy atom. The maximum atomic E-state index is 14.0. The lowest BCUT2D eigenvalue weighted by molar-refractivity contribution is 0.0941. The van der Waals surface area contributed by atoms with Gasteiger partial charge in [0.05, 0.1) is 19.3 Å². The number of rotatable bonds is 7. The van der Waals surface area contributed by atoms with Crippen molar-refractivity contribution in [1.82, 2.24) is 15.2 Å². The molecular weight excluding hydrogens is 401 g/mol. The van der Waals surface area contributed by atoms with Crippen molar-refractivity contribution in [2.24, 2.45) is 0 Å². The average molecular weight is 426 g/mol. The van der Waals surface area contributed by atoms with Gasteiger partial charge < -0.3 is 10.1 Å². The van der Waals surface area contributed by atoms with Crippen molar-refractivity contribution >= 4 is 17.2 Å². The van der Waals surface area contributed by atoms with Gasteiger partial charge in [0.15, 0.2) is 0 Å². The number of aromatic nitrogens is 1. The molecule has 30 heavy (non-hydrogen) atoms. The SMILES string of the molecule is COc1ccccc1C(CNC(=O)c1cnc(-c2ccccc2F)s1)N1CCCC1. The van der Waals surface area contributed by atoms with Crippen molar-refractivity contribution in [3.63, 3.8) is 0 Å². The number of methoxy groups -OCH3 is 1. The number of para-hydroxylation sites is 1. The predicted molar refractivity (Wildman–Crippen MR) is 116 cm³/mol. The first kappa shape index (κ1) is 20.5. The van der Waals surface area contributed by atoms with Crippen LogP contribution in [0.25, 0.3) is 10.6 Å². The van der Waals surface area contributed by atoms with Crippen molar-refractivity contribution in [3.05, 3.63) is 71.0 Å². The zero-order chi connectivity index (χ0) is 20.9. The maximum Gasteiger partial charge on any atom is 0.263 e. The van der Waals surface area contributed by atoms with E-state index in [0.717, 1.165) is 37.2 Å². The highest BCUT2D eigenvalue weighted by atomic mass is 32.1. The molecule has 1 unspecified atom stereocenters. The molecule has 0 aliphatic carbocycles. The second kappa shape index (κ2) is 9.36. The summed E-state index contributed by atoms with van der Waals surface area (Å²) < 4.78 is 19.6. The molecule has 1 aromatic heterocycles. The fourth-order valence-electron chi connectivity index (χ4n) is 3.85. The monoisotopic (exact) mass is 425 g/mol. The second-order valence-electron chi connectivity index (χ2n) is 7.22. The van der Waals surface area contributed by atoms with Crippen molar-refractivity contribution in [3.8, 4) is 16.3 Å². The Morgan fingerprint density at radius 2 is 1.93 bits per heavy atom. The molecule has 5 nitrogen and oxygen atoms in total. The van der Waals surface area contributed by atoms with E-state index < -0.39 is 0 Å². The molecule has 4 rings (SSSR count). The number of ether oxygens (including phenoxy) is 1. The van der Waals surface area contributed by atoms with Gasteiger partial charge in [-0.2, -0.15) is 0 Å². The minimum atomic E-state index is -0.343. The van der Waals surface area contributed by atoms with E-state index in [4.69, 9.17) is 4.74 Å². The summed E-state index contributed by atoms with van der Waals surface area (Å²) in [6.07, 6.45) is 3.82. The third kappa shape index (κ3) is 4.37. The summed E-state index contributed by atoms with van der Waals surface area (Å²) in [5.41, 5.74) is 1.48. The number of likely N-dealkylation sites (tertiary alicyclic amines) is 1. The Labute approximate surface area is 179 Å². The molecular formula is C23H24FN3O2S. The van der Waals surface area contributed by atoms with Crippen molar-refractivity contribution in [1.29, 1.82) is 0 Å². The zero-order valence-corrected chi connectivity index (χ0v) is 17.6. The summed E-state index contributed by atoms with van der Waals surface area (Å²) in [7, 11) is 1.67. The van der Waals surface area contributed by atoms with Gasteiger partial charge in [0, 0.05) is 17.7 Å². The first-order valence-electron chi connectivity index (χ1n) is 10.0. The van der Waals surface area contributed by atoms with Gasteiger partial charge >= 0.3 is 0 Å². The minimum absolute atomic E-state index is 0.0339.